The fourth-order valence-corrected chi connectivity index (χ4v) is 8.01. The molecule has 3 fully saturated rings. The zero-order chi connectivity index (χ0) is 34.1. The first-order valence-corrected chi connectivity index (χ1v) is 19.1. The molecule has 268 valence electrons. The SMILES string of the molecule is COc1ccc2c(c1)N(/C(=C\C(=O)O)C(=O)O)CN(C1CN3CCCCCCCCCCCCCCCCCCCCCC1CC3)C2=O. The number of carbonyl (C=O) groups is 3. The zero-order valence-corrected chi connectivity index (χ0v) is 29.5. The van der Waals surface area contributed by atoms with Gasteiger partial charge in [0.15, 0.2) is 0 Å². The van der Waals surface area contributed by atoms with Crippen LogP contribution in [0.1, 0.15) is 145 Å². The second kappa shape index (κ2) is 20.4. The molecular formula is C39H61N3O6. The summed E-state index contributed by atoms with van der Waals surface area (Å²) in [5.41, 5.74) is 0.350. The Kier molecular flexibility index (Phi) is 16.1. The molecule has 0 spiro atoms. The molecule has 3 atom stereocenters. The van der Waals surface area contributed by atoms with E-state index in [1.807, 2.05) is 4.90 Å². The first kappa shape index (κ1) is 37.7. The van der Waals surface area contributed by atoms with Gasteiger partial charge in [0.05, 0.1) is 31.1 Å². The molecule has 1 amide bonds. The molecule has 9 nitrogen and oxygen atoms in total. The van der Waals surface area contributed by atoms with Crippen molar-refractivity contribution in [3.8, 4) is 5.75 Å². The molecule has 0 aromatic heterocycles. The number of hydrogen-bond donors (Lipinski definition) is 2. The number of carbonyl (C=O) groups excluding carboxylic acids is 1. The largest absolute Gasteiger partial charge is 0.497 e. The fourth-order valence-electron chi connectivity index (χ4n) is 8.01. The summed E-state index contributed by atoms with van der Waals surface area (Å²) in [5, 5.41) is 19.7. The van der Waals surface area contributed by atoms with Crippen molar-refractivity contribution < 1.29 is 29.3 Å². The number of ether oxygens (including phenoxy) is 1. The standard InChI is InChI=1S/C39H61N3O6/c1-48-32-22-23-33-34(27-32)41(35(39(46)47)28-37(43)44)30-42(38(33)45)36-29-40-25-20-18-16-14-12-10-8-6-4-2-3-5-7-9-11-13-15-17-19-21-31(36)24-26-40/h22-23,27-28,31,36H,2-21,24-26,29-30H2,1H3,(H,43,44)(H,46,47)/b35-28-. The van der Waals surface area contributed by atoms with Crippen LogP contribution in [0.3, 0.4) is 0 Å². The molecule has 1 aromatic rings. The summed E-state index contributed by atoms with van der Waals surface area (Å²) in [4.78, 5) is 44.2. The van der Waals surface area contributed by atoms with Gasteiger partial charge >= 0.3 is 11.9 Å². The van der Waals surface area contributed by atoms with Crippen molar-refractivity contribution in [3.63, 3.8) is 0 Å². The van der Waals surface area contributed by atoms with Gasteiger partial charge in [-0.1, -0.05) is 116 Å². The maximum atomic E-state index is 14.2. The number of amides is 1. The smallest absolute Gasteiger partial charge is 0.352 e. The fraction of sp³-hybridized carbons (Fsp3) is 0.718. The lowest BCUT2D eigenvalue weighted by molar-refractivity contribution is -0.135. The van der Waals surface area contributed by atoms with Crippen molar-refractivity contribution in [1.29, 1.82) is 0 Å². The molecule has 3 unspecified atom stereocenters. The third kappa shape index (κ3) is 11.5. The Hall–Kier alpha value is -3.07. The van der Waals surface area contributed by atoms with Crippen molar-refractivity contribution in [3.05, 3.63) is 35.5 Å². The Morgan fingerprint density at radius 2 is 1.29 bits per heavy atom. The second-order valence-corrected chi connectivity index (χ2v) is 14.3. The number of nitrogens with zero attached hydrogens (tertiary/aromatic N) is 3. The Labute approximate surface area is 288 Å². The van der Waals surface area contributed by atoms with Crippen molar-refractivity contribution >= 4 is 23.5 Å². The highest BCUT2D eigenvalue weighted by Crippen LogP contribution is 2.37. The minimum atomic E-state index is -1.35. The molecule has 48 heavy (non-hydrogen) atoms. The molecule has 0 radical (unpaired) electrons. The summed E-state index contributed by atoms with van der Waals surface area (Å²) in [7, 11) is 1.51. The van der Waals surface area contributed by atoms with Crippen LogP contribution in [0.15, 0.2) is 30.0 Å². The molecule has 4 aliphatic rings. The number of methoxy groups -OCH3 is 1. The Morgan fingerprint density at radius 1 is 0.750 bits per heavy atom. The highest BCUT2D eigenvalue weighted by molar-refractivity contribution is 6.06. The summed E-state index contributed by atoms with van der Waals surface area (Å²) in [6.07, 6.45) is 27.6. The molecule has 2 bridgehead atoms. The number of piperidine rings is 1. The number of anilines is 1. The molecule has 4 heterocycles. The van der Waals surface area contributed by atoms with Crippen molar-refractivity contribution in [2.75, 3.05) is 38.3 Å². The van der Waals surface area contributed by atoms with E-state index < -0.39 is 11.9 Å². The average molecular weight is 668 g/mol. The molecule has 9 heteroatoms. The quantitative estimate of drug-likeness (QED) is 0.301. The first-order chi connectivity index (χ1) is 23.4. The van der Waals surface area contributed by atoms with Gasteiger partial charge in [-0.15, -0.1) is 0 Å². The molecule has 5 rings (SSSR count). The third-order valence-electron chi connectivity index (χ3n) is 10.8. The van der Waals surface area contributed by atoms with Crippen LogP contribution >= 0.6 is 0 Å². The lowest BCUT2D eigenvalue weighted by Crippen LogP contribution is -2.59. The lowest BCUT2D eigenvalue weighted by Gasteiger charge is -2.48. The third-order valence-corrected chi connectivity index (χ3v) is 10.8. The number of carboxylic acids is 2. The molecule has 2 N–H and O–H groups in total. The Balaban J connectivity index is 1.51. The van der Waals surface area contributed by atoms with Gasteiger partial charge in [-0.3, -0.25) is 4.79 Å². The van der Waals surface area contributed by atoms with Gasteiger partial charge in [-0.05, 0) is 50.4 Å². The van der Waals surface area contributed by atoms with E-state index >= 15 is 0 Å². The minimum absolute atomic E-state index is 0.0145. The summed E-state index contributed by atoms with van der Waals surface area (Å²) >= 11 is 0. The summed E-state index contributed by atoms with van der Waals surface area (Å²) in [6.45, 7) is 2.75. The number of carboxylic acid groups (broad SMARTS) is 2. The maximum absolute atomic E-state index is 14.2. The van der Waals surface area contributed by atoms with Crippen LogP contribution in [0.5, 0.6) is 5.75 Å². The highest BCUT2D eigenvalue weighted by atomic mass is 16.5. The molecule has 0 saturated carbocycles. The van der Waals surface area contributed by atoms with Crippen LogP contribution in [0.25, 0.3) is 0 Å². The topological polar surface area (TPSA) is 111 Å². The molecular weight excluding hydrogens is 606 g/mol. The minimum Gasteiger partial charge on any atom is -0.497 e. The van der Waals surface area contributed by atoms with Crippen LogP contribution in [0.4, 0.5) is 5.69 Å². The van der Waals surface area contributed by atoms with E-state index in [0.717, 1.165) is 51.4 Å². The number of rotatable bonds is 5. The van der Waals surface area contributed by atoms with Crippen molar-refractivity contribution in [2.45, 2.75) is 141 Å². The summed E-state index contributed by atoms with van der Waals surface area (Å²) < 4.78 is 5.40. The number of hydrogen-bond acceptors (Lipinski definition) is 6. The molecule has 0 aliphatic carbocycles. The van der Waals surface area contributed by atoms with Gasteiger partial charge in [-0.25, -0.2) is 9.59 Å². The second-order valence-electron chi connectivity index (χ2n) is 14.3. The van der Waals surface area contributed by atoms with Crippen LogP contribution in [0.2, 0.25) is 0 Å². The van der Waals surface area contributed by atoms with Crippen LogP contribution < -0.4 is 9.64 Å². The lowest BCUT2D eigenvalue weighted by atomic mass is 9.85. The summed E-state index contributed by atoms with van der Waals surface area (Å²) in [6, 6.07) is 4.92. The maximum Gasteiger partial charge on any atom is 0.352 e. The predicted octanol–water partition coefficient (Wildman–Crippen LogP) is 8.47. The van der Waals surface area contributed by atoms with E-state index in [-0.39, 0.29) is 24.3 Å². The van der Waals surface area contributed by atoms with Gasteiger partial charge in [-0.2, -0.15) is 0 Å². The van der Waals surface area contributed by atoms with Crippen LogP contribution in [-0.4, -0.2) is 77.3 Å². The van der Waals surface area contributed by atoms with Crippen molar-refractivity contribution in [2.24, 2.45) is 5.92 Å². The average Bonchev–Trinajstić information content (AvgIpc) is 3.08. The van der Waals surface area contributed by atoms with Crippen LogP contribution in [0, 0.1) is 5.92 Å². The van der Waals surface area contributed by atoms with E-state index in [1.165, 1.54) is 121 Å². The molecule has 4 aliphatic heterocycles. The van der Waals surface area contributed by atoms with E-state index in [4.69, 9.17) is 4.74 Å². The Bertz CT molecular complexity index is 1200. The first-order valence-electron chi connectivity index (χ1n) is 19.1. The van der Waals surface area contributed by atoms with Gasteiger partial charge in [0.2, 0.25) is 0 Å². The molecule has 3 saturated heterocycles. The zero-order valence-electron chi connectivity index (χ0n) is 29.5. The number of fused-ring (bicyclic) bond motifs is 23. The van der Waals surface area contributed by atoms with E-state index in [9.17, 15) is 24.6 Å². The number of benzene rings is 1. The van der Waals surface area contributed by atoms with Crippen molar-refractivity contribution in [1.82, 2.24) is 9.80 Å². The van der Waals surface area contributed by atoms with E-state index in [2.05, 4.69) is 4.90 Å². The van der Waals surface area contributed by atoms with Gasteiger partial charge < -0.3 is 29.6 Å². The van der Waals surface area contributed by atoms with E-state index in [1.54, 1.807) is 18.2 Å². The predicted molar refractivity (Wildman–Crippen MR) is 191 cm³/mol. The van der Waals surface area contributed by atoms with Gasteiger partial charge in [0.25, 0.3) is 5.91 Å². The van der Waals surface area contributed by atoms with E-state index in [0.29, 0.717) is 22.9 Å². The summed E-state index contributed by atoms with van der Waals surface area (Å²) in [5.74, 6) is -2.06. The van der Waals surface area contributed by atoms with Gasteiger partial charge in [0, 0.05) is 18.7 Å². The Morgan fingerprint density at radius 3 is 1.81 bits per heavy atom. The molecule has 1 aromatic carbocycles. The van der Waals surface area contributed by atoms with Gasteiger partial charge in [0.1, 0.15) is 11.4 Å². The number of aliphatic carboxylic acids is 2. The normalized spacial score (nSPS) is 25.4. The van der Waals surface area contributed by atoms with Crippen LogP contribution in [-0.2, 0) is 9.59 Å². The monoisotopic (exact) mass is 667 g/mol. The highest BCUT2D eigenvalue weighted by Gasteiger charge is 2.41.